The van der Waals surface area contributed by atoms with Crippen molar-refractivity contribution in [1.29, 1.82) is 0 Å². The second-order valence-electron chi connectivity index (χ2n) is 4.40. The molecular weight excluding hydrogens is 238 g/mol. The summed E-state index contributed by atoms with van der Waals surface area (Å²) >= 11 is 5.92. The Balaban J connectivity index is 2.26. The SMILES string of the molecule is COC(=O)C(NC1CC1)c1ccc(Cl)cc1C. The standard InChI is InChI=1S/C13H16ClNO2/c1-8-7-9(14)3-6-11(8)12(13(16)17-2)15-10-4-5-10/h3,6-7,10,12,15H,4-5H2,1-2H3. The van der Waals surface area contributed by atoms with E-state index in [0.29, 0.717) is 11.1 Å². The summed E-state index contributed by atoms with van der Waals surface area (Å²) in [5, 5.41) is 3.98. The van der Waals surface area contributed by atoms with Gasteiger partial charge in [-0.3, -0.25) is 5.32 Å². The van der Waals surface area contributed by atoms with Gasteiger partial charge in [-0.25, -0.2) is 4.79 Å². The molecule has 0 aromatic heterocycles. The zero-order valence-electron chi connectivity index (χ0n) is 10.00. The molecule has 17 heavy (non-hydrogen) atoms. The zero-order valence-corrected chi connectivity index (χ0v) is 10.8. The van der Waals surface area contributed by atoms with E-state index in [-0.39, 0.29) is 12.0 Å². The Morgan fingerprint density at radius 1 is 1.53 bits per heavy atom. The summed E-state index contributed by atoms with van der Waals surface area (Å²) in [6.45, 7) is 1.95. The van der Waals surface area contributed by atoms with Crippen LogP contribution in [0.1, 0.15) is 30.0 Å². The first-order valence-corrected chi connectivity index (χ1v) is 6.09. The molecule has 0 aliphatic heterocycles. The number of carbonyl (C=O) groups is 1. The Hall–Kier alpha value is -1.06. The fraction of sp³-hybridized carbons (Fsp3) is 0.462. The van der Waals surface area contributed by atoms with Gasteiger partial charge in [-0.15, -0.1) is 0 Å². The number of esters is 1. The highest BCUT2D eigenvalue weighted by Crippen LogP contribution is 2.27. The van der Waals surface area contributed by atoms with Crippen molar-refractivity contribution in [2.45, 2.75) is 31.8 Å². The van der Waals surface area contributed by atoms with E-state index in [9.17, 15) is 4.79 Å². The van der Waals surface area contributed by atoms with E-state index >= 15 is 0 Å². The first kappa shape index (κ1) is 12.4. The molecular formula is C13H16ClNO2. The lowest BCUT2D eigenvalue weighted by Crippen LogP contribution is -2.31. The Bertz CT molecular complexity index is 429. The van der Waals surface area contributed by atoms with Crippen molar-refractivity contribution in [3.63, 3.8) is 0 Å². The number of nitrogens with one attached hydrogen (secondary N) is 1. The molecule has 1 fully saturated rings. The van der Waals surface area contributed by atoms with Gasteiger partial charge in [0.1, 0.15) is 6.04 Å². The van der Waals surface area contributed by atoms with Crippen LogP contribution in [0.3, 0.4) is 0 Å². The van der Waals surface area contributed by atoms with Gasteiger partial charge >= 0.3 is 5.97 Å². The normalized spacial score (nSPS) is 16.6. The maximum atomic E-state index is 11.8. The van der Waals surface area contributed by atoms with Crippen LogP contribution in [0.4, 0.5) is 0 Å². The summed E-state index contributed by atoms with van der Waals surface area (Å²) in [6, 6.07) is 5.60. The number of hydrogen-bond acceptors (Lipinski definition) is 3. The highest BCUT2D eigenvalue weighted by molar-refractivity contribution is 6.30. The molecule has 2 rings (SSSR count). The van der Waals surface area contributed by atoms with E-state index in [1.165, 1.54) is 7.11 Å². The van der Waals surface area contributed by atoms with Gasteiger partial charge in [-0.05, 0) is 43.0 Å². The molecule has 1 aliphatic carbocycles. The van der Waals surface area contributed by atoms with Crippen LogP contribution in [0.15, 0.2) is 18.2 Å². The summed E-state index contributed by atoms with van der Waals surface area (Å²) in [5.41, 5.74) is 1.94. The van der Waals surface area contributed by atoms with E-state index in [2.05, 4.69) is 5.32 Å². The average molecular weight is 254 g/mol. The third kappa shape index (κ3) is 2.99. The third-order valence-corrected chi connectivity index (χ3v) is 3.19. The van der Waals surface area contributed by atoms with Crippen LogP contribution in [-0.4, -0.2) is 19.1 Å². The summed E-state index contributed by atoms with van der Waals surface area (Å²) in [5.74, 6) is -0.248. The molecule has 1 aromatic carbocycles. The molecule has 1 unspecified atom stereocenters. The third-order valence-electron chi connectivity index (χ3n) is 2.96. The smallest absolute Gasteiger partial charge is 0.327 e. The quantitative estimate of drug-likeness (QED) is 0.839. The minimum Gasteiger partial charge on any atom is -0.468 e. The molecule has 1 atom stereocenters. The van der Waals surface area contributed by atoms with E-state index in [0.717, 1.165) is 24.0 Å². The average Bonchev–Trinajstić information content (AvgIpc) is 3.10. The maximum absolute atomic E-state index is 11.8. The van der Waals surface area contributed by atoms with Crippen molar-refractivity contribution in [1.82, 2.24) is 5.32 Å². The number of benzene rings is 1. The highest BCUT2D eigenvalue weighted by atomic mass is 35.5. The summed E-state index contributed by atoms with van der Waals surface area (Å²) in [4.78, 5) is 11.8. The summed E-state index contributed by atoms with van der Waals surface area (Å²) in [7, 11) is 1.41. The number of halogens is 1. The molecule has 1 aromatic rings. The molecule has 1 N–H and O–H groups in total. The lowest BCUT2D eigenvalue weighted by Gasteiger charge is -2.18. The molecule has 92 valence electrons. The lowest BCUT2D eigenvalue weighted by molar-refractivity contribution is -0.143. The Morgan fingerprint density at radius 3 is 2.76 bits per heavy atom. The van der Waals surface area contributed by atoms with E-state index in [4.69, 9.17) is 16.3 Å². The zero-order chi connectivity index (χ0) is 12.4. The van der Waals surface area contributed by atoms with Crippen LogP contribution in [-0.2, 0) is 9.53 Å². The predicted octanol–water partition coefficient (Wildman–Crippen LogP) is 2.61. The van der Waals surface area contributed by atoms with Crippen molar-refractivity contribution < 1.29 is 9.53 Å². The Morgan fingerprint density at radius 2 is 2.24 bits per heavy atom. The number of rotatable bonds is 4. The fourth-order valence-electron chi connectivity index (χ4n) is 1.85. The summed E-state index contributed by atoms with van der Waals surface area (Å²) in [6.07, 6.45) is 2.25. The fourth-order valence-corrected chi connectivity index (χ4v) is 2.08. The topological polar surface area (TPSA) is 38.3 Å². The number of ether oxygens (including phenoxy) is 1. The highest BCUT2D eigenvalue weighted by Gasteiger charge is 2.30. The van der Waals surface area contributed by atoms with Crippen molar-refractivity contribution in [2.24, 2.45) is 0 Å². The van der Waals surface area contributed by atoms with Gasteiger partial charge in [0.15, 0.2) is 0 Å². The Kier molecular flexibility index (Phi) is 3.69. The molecule has 4 heteroatoms. The molecule has 3 nitrogen and oxygen atoms in total. The van der Waals surface area contributed by atoms with Gasteiger partial charge in [0.25, 0.3) is 0 Å². The van der Waals surface area contributed by atoms with Crippen LogP contribution in [0.25, 0.3) is 0 Å². The van der Waals surface area contributed by atoms with Gasteiger partial charge < -0.3 is 4.74 Å². The van der Waals surface area contributed by atoms with Crippen LogP contribution in [0.2, 0.25) is 5.02 Å². The van der Waals surface area contributed by atoms with E-state index in [1.54, 1.807) is 6.07 Å². The monoisotopic (exact) mass is 253 g/mol. The van der Waals surface area contributed by atoms with Crippen molar-refractivity contribution >= 4 is 17.6 Å². The van der Waals surface area contributed by atoms with Crippen LogP contribution < -0.4 is 5.32 Å². The Labute approximate surface area is 106 Å². The largest absolute Gasteiger partial charge is 0.468 e. The molecule has 0 saturated heterocycles. The molecule has 0 amide bonds. The lowest BCUT2D eigenvalue weighted by atomic mass is 10.0. The van der Waals surface area contributed by atoms with Gasteiger partial charge in [-0.1, -0.05) is 17.7 Å². The number of hydrogen-bond donors (Lipinski definition) is 1. The maximum Gasteiger partial charge on any atom is 0.327 e. The van der Waals surface area contributed by atoms with E-state index < -0.39 is 0 Å². The van der Waals surface area contributed by atoms with Gasteiger partial charge in [0, 0.05) is 11.1 Å². The number of carbonyl (C=O) groups excluding carboxylic acids is 1. The molecule has 0 heterocycles. The van der Waals surface area contributed by atoms with Crippen LogP contribution in [0.5, 0.6) is 0 Å². The molecule has 0 spiro atoms. The van der Waals surface area contributed by atoms with Crippen molar-refractivity contribution in [3.05, 3.63) is 34.3 Å². The van der Waals surface area contributed by atoms with Gasteiger partial charge in [-0.2, -0.15) is 0 Å². The van der Waals surface area contributed by atoms with Gasteiger partial charge in [0.2, 0.25) is 0 Å². The minimum absolute atomic E-state index is 0.248. The van der Waals surface area contributed by atoms with Crippen molar-refractivity contribution in [3.8, 4) is 0 Å². The molecule has 1 aliphatic rings. The second-order valence-corrected chi connectivity index (χ2v) is 4.83. The first-order valence-electron chi connectivity index (χ1n) is 5.71. The molecule has 0 bridgehead atoms. The predicted molar refractivity (Wildman–Crippen MR) is 67.1 cm³/mol. The van der Waals surface area contributed by atoms with Crippen LogP contribution in [0, 0.1) is 6.92 Å². The second kappa shape index (κ2) is 5.07. The van der Waals surface area contributed by atoms with Crippen LogP contribution >= 0.6 is 11.6 Å². The van der Waals surface area contributed by atoms with Crippen molar-refractivity contribution in [2.75, 3.05) is 7.11 Å². The molecule has 0 radical (unpaired) electrons. The van der Waals surface area contributed by atoms with Gasteiger partial charge in [0.05, 0.1) is 7.11 Å². The number of methoxy groups -OCH3 is 1. The minimum atomic E-state index is -0.384. The number of aryl methyl sites for hydroxylation is 1. The van der Waals surface area contributed by atoms with E-state index in [1.807, 2.05) is 19.1 Å². The molecule has 1 saturated carbocycles. The summed E-state index contributed by atoms with van der Waals surface area (Å²) < 4.78 is 4.85. The first-order chi connectivity index (χ1) is 8.11.